The summed E-state index contributed by atoms with van der Waals surface area (Å²) in [7, 11) is 13.6. The lowest BCUT2D eigenvalue weighted by Crippen LogP contribution is -2.31. The molecule has 0 fully saturated rings. The number of nitrogens with one attached hydrogen (secondary N) is 1. The van der Waals surface area contributed by atoms with Crippen LogP contribution in [0.15, 0.2) is 60.6 Å². The maximum Gasteiger partial charge on any atom is 0.340 e. The van der Waals surface area contributed by atoms with Crippen LogP contribution < -0.4 is 16.6 Å². The Balaban J connectivity index is 0. The number of nitrogens with zero attached hydrogens (tertiary/aromatic N) is 4. The quantitative estimate of drug-likeness (QED) is 0.0489. The van der Waals surface area contributed by atoms with E-state index in [0.717, 1.165) is 21.5 Å². The summed E-state index contributed by atoms with van der Waals surface area (Å²) in [5.74, 6) is 0.0652. The monoisotopic (exact) mass is 928 g/mol. The third-order valence-corrected chi connectivity index (χ3v) is 10.6. The molecule has 0 saturated carbocycles. The predicted molar refractivity (Wildman–Crippen MR) is 251 cm³/mol. The van der Waals surface area contributed by atoms with E-state index >= 15 is 0 Å². The van der Waals surface area contributed by atoms with E-state index in [2.05, 4.69) is 34.5 Å². The van der Waals surface area contributed by atoms with Crippen molar-refractivity contribution in [3.63, 3.8) is 0 Å². The lowest BCUT2D eigenvalue weighted by Gasteiger charge is -2.23. The average Bonchev–Trinajstić information content (AvgIpc) is 4.12. The van der Waals surface area contributed by atoms with E-state index in [9.17, 15) is 19.2 Å². The van der Waals surface area contributed by atoms with Crippen molar-refractivity contribution in [1.82, 2.24) is 9.55 Å². The second-order valence-electron chi connectivity index (χ2n) is 10.9. The summed E-state index contributed by atoms with van der Waals surface area (Å²) in [6, 6.07) is 6.86. The molecule has 0 radical (unpaired) electrons. The Bertz CT molecular complexity index is 2160. The molecule has 0 atom stereocenters. The van der Waals surface area contributed by atoms with Crippen LogP contribution in [0.5, 0.6) is 0 Å². The van der Waals surface area contributed by atoms with Gasteiger partial charge in [-0.05, 0) is 59.6 Å². The largest absolute Gasteiger partial charge is 0.484 e. The van der Waals surface area contributed by atoms with E-state index in [1.807, 2.05) is 44.5 Å². The standard InChI is InChI=1S/C9H12N2O2S.C9H11NO3S.C8H8N2OS.C6H7NO2S.C5H12O3.C2H6.CH4/c1-6(10-2)11-8-7(4-5-14-8)9(12)13-3;1-6(12-2)10-8-7(4-5-14-8)9(11)13-3;1-5-9-7-6(3-4-12-7)8(11)10(5)2;1-9-6(8)4-2-3-10-5(4)7;1-5(6-2,7-3)8-4;1-2;/h4-5H,1-3H3,(H,10,11);4-5H,1-3H3;3-4H,1-2H3;2-3H,7H2,1H3;1-4H3;1-2H3;1H4. The topological polar surface area (TPSA) is 213 Å². The number of nitrogens with two attached hydrogens (primary N) is 1. The number of hydrogen-bond acceptors (Lipinski definition) is 19. The molecule has 5 heterocycles. The normalized spacial score (nSPS) is 10.5. The van der Waals surface area contributed by atoms with Gasteiger partial charge in [-0.15, -0.1) is 45.3 Å². The second kappa shape index (κ2) is 30.9. The van der Waals surface area contributed by atoms with Gasteiger partial charge in [0.25, 0.3) is 11.5 Å². The Hall–Kier alpha value is -5.03. The van der Waals surface area contributed by atoms with E-state index in [1.165, 1.54) is 95.1 Å². The minimum atomic E-state index is -0.875. The highest BCUT2D eigenvalue weighted by Gasteiger charge is 2.20. The fourth-order valence-corrected chi connectivity index (χ4v) is 6.74. The van der Waals surface area contributed by atoms with Crippen molar-refractivity contribution in [3.05, 3.63) is 78.7 Å². The van der Waals surface area contributed by atoms with Gasteiger partial charge >= 0.3 is 17.9 Å². The predicted octanol–water partition coefficient (Wildman–Crippen LogP) is 8.91. The molecule has 0 saturated heterocycles. The first-order valence-corrected chi connectivity index (χ1v) is 21.1. The molecule has 0 aromatic carbocycles. The minimum Gasteiger partial charge on any atom is -0.484 e. The molecule has 0 aliphatic rings. The Kier molecular flexibility index (Phi) is 29.4. The molecule has 5 aromatic heterocycles. The number of rotatable bonds is 8. The molecule has 0 aliphatic carbocycles. The van der Waals surface area contributed by atoms with Gasteiger partial charge < -0.3 is 44.2 Å². The number of nitrogen functional groups attached to an aromatic ring is 1. The summed E-state index contributed by atoms with van der Waals surface area (Å²) in [4.78, 5) is 58.0. The zero-order chi connectivity index (χ0) is 46.0. The van der Waals surface area contributed by atoms with Crippen LogP contribution in [-0.4, -0.2) is 102 Å². The first-order valence-electron chi connectivity index (χ1n) is 17.6. The Labute approximate surface area is 374 Å². The highest BCUT2D eigenvalue weighted by molar-refractivity contribution is 7.16. The van der Waals surface area contributed by atoms with Crippen molar-refractivity contribution >= 4 is 100 Å². The van der Waals surface area contributed by atoms with Crippen molar-refractivity contribution in [2.45, 2.75) is 54.9 Å². The highest BCUT2D eigenvalue weighted by atomic mass is 32.1. The van der Waals surface area contributed by atoms with Crippen molar-refractivity contribution < 1.29 is 47.5 Å². The Morgan fingerprint density at radius 3 is 1.70 bits per heavy atom. The maximum atomic E-state index is 11.5. The molecule has 0 unspecified atom stereocenters. The molecule has 0 bridgehead atoms. The maximum absolute atomic E-state index is 11.5. The average molecular weight is 929 g/mol. The Morgan fingerprint density at radius 2 is 1.23 bits per heavy atom. The fraction of sp³-hybridized carbons (Fsp3) is 0.425. The molecule has 3 N–H and O–H groups in total. The number of ether oxygens (including phenoxy) is 7. The second-order valence-corrected chi connectivity index (χ2v) is 14.5. The van der Waals surface area contributed by atoms with Gasteiger partial charge in [-0.1, -0.05) is 21.3 Å². The molecule has 0 spiro atoms. The third kappa shape index (κ3) is 19.1. The van der Waals surface area contributed by atoms with Gasteiger partial charge in [0.15, 0.2) is 5.90 Å². The molecule has 0 amide bonds. The summed E-state index contributed by atoms with van der Waals surface area (Å²) in [5.41, 5.74) is 6.94. The number of carbonyl (C=O) groups is 3. The number of aliphatic imine (C=N–C) groups is 2. The number of aryl methyl sites for hydroxylation is 1. The number of fused-ring (bicyclic) bond motifs is 1. The molecule has 0 aliphatic heterocycles. The van der Waals surface area contributed by atoms with Crippen molar-refractivity contribution in [2.24, 2.45) is 17.0 Å². The molecule has 61 heavy (non-hydrogen) atoms. The van der Waals surface area contributed by atoms with E-state index in [1.54, 1.807) is 61.5 Å². The molecular weight excluding hydrogens is 869 g/mol. The first kappa shape index (κ1) is 58.1. The van der Waals surface area contributed by atoms with Crippen LogP contribution in [-0.2, 0) is 40.2 Å². The number of amidine groups is 1. The van der Waals surface area contributed by atoms with Gasteiger partial charge in [-0.2, -0.15) is 0 Å². The van der Waals surface area contributed by atoms with E-state index in [-0.39, 0.29) is 30.9 Å². The first-order chi connectivity index (χ1) is 28.5. The van der Waals surface area contributed by atoms with Crippen LogP contribution in [0.25, 0.3) is 10.2 Å². The number of aromatic nitrogens is 2. The minimum absolute atomic E-state index is 0. The number of thiophene rings is 4. The number of anilines is 2. The van der Waals surface area contributed by atoms with Crippen LogP contribution in [0.1, 0.15) is 78.9 Å². The highest BCUT2D eigenvalue weighted by Crippen LogP contribution is 2.27. The SMILES string of the molecule is C.CC.CN=C(C)Nc1sccc1C(=O)OC.COC(=O)c1ccsc1N.COC(=O)c1ccsc1N=C(C)OC.COC(C)(OC)OC.Cc1nc2sccc2c(=O)n1C. The molecule has 17 nitrogen and oxygen atoms in total. The Morgan fingerprint density at radius 1 is 0.754 bits per heavy atom. The summed E-state index contributed by atoms with van der Waals surface area (Å²) >= 11 is 5.64. The summed E-state index contributed by atoms with van der Waals surface area (Å²) in [6.45, 7) is 11.1. The lowest BCUT2D eigenvalue weighted by molar-refractivity contribution is -0.340. The van der Waals surface area contributed by atoms with E-state index in [4.69, 9.17) is 24.7 Å². The molecule has 5 aromatic rings. The van der Waals surface area contributed by atoms with Crippen molar-refractivity contribution in [3.8, 4) is 0 Å². The smallest absolute Gasteiger partial charge is 0.340 e. The van der Waals surface area contributed by atoms with Gasteiger partial charge in [0.05, 0.1) is 56.4 Å². The summed E-state index contributed by atoms with van der Waals surface area (Å²) in [5, 5.41) is 12.9. The van der Waals surface area contributed by atoms with Crippen molar-refractivity contribution in [2.75, 3.05) is 67.9 Å². The third-order valence-electron chi connectivity index (χ3n) is 7.45. The van der Waals surface area contributed by atoms with Gasteiger partial charge in [-0.25, -0.2) is 24.4 Å². The van der Waals surface area contributed by atoms with Crippen LogP contribution in [0.3, 0.4) is 0 Å². The van der Waals surface area contributed by atoms with Crippen molar-refractivity contribution in [1.29, 1.82) is 0 Å². The van der Waals surface area contributed by atoms with Gasteiger partial charge in [-0.3, -0.25) is 14.4 Å². The van der Waals surface area contributed by atoms with Crippen LogP contribution >= 0.6 is 45.3 Å². The molecule has 21 heteroatoms. The van der Waals surface area contributed by atoms with Gasteiger partial charge in [0.1, 0.15) is 25.7 Å². The summed E-state index contributed by atoms with van der Waals surface area (Å²) in [6.07, 6.45) is 0. The lowest BCUT2D eigenvalue weighted by atomic mass is 10.3. The number of methoxy groups -OCH3 is 7. The van der Waals surface area contributed by atoms with Gasteiger partial charge in [0, 0.05) is 49.3 Å². The van der Waals surface area contributed by atoms with Gasteiger partial charge in [0.2, 0.25) is 0 Å². The molecule has 340 valence electrons. The van der Waals surface area contributed by atoms with E-state index < -0.39 is 5.97 Å². The van der Waals surface area contributed by atoms with Crippen LogP contribution in [0.4, 0.5) is 15.0 Å². The van der Waals surface area contributed by atoms with Crippen LogP contribution in [0.2, 0.25) is 0 Å². The molecule has 5 rings (SSSR count). The molecular formula is C40H60N6O11S4. The van der Waals surface area contributed by atoms with Crippen LogP contribution in [0, 0.1) is 6.92 Å². The number of esters is 3. The number of hydrogen-bond donors (Lipinski definition) is 2. The number of carbonyl (C=O) groups excluding carboxylic acids is 3. The zero-order valence-corrected chi connectivity index (χ0v) is 39.9. The zero-order valence-electron chi connectivity index (χ0n) is 36.6. The fourth-order valence-electron chi connectivity index (χ4n) is 3.69. The summed E-state index contributed by atoms with van der Waals surface area (Å²) < 4.78 is 34.5. The van der Waals surface area contributed by atoms with E-state index in [0.29, 0.717) is 38.0 Å².